The largest absolute Gasteiger partial charge is 0.459 e. The molecule has 0 radical (unpaired) electrons. The second-order valence-corrected chi connectivity index (χ2v) is 7.91. The lowest BCUT2D eigenvalue weighted by Crippen LogP contribution is -2.63. The van der Waals surface area contributed by atoms with Crippen molar-refractivity contribution >= 4 is 23.6 Å². The molecule has 0 saturated carbocycles. The van der Waals surface area contributed by atoms with Crippen LogP contribution in [-0.4, -0.2) is 44.7 Å². The first-order chi connectivity index (χ1) is 10.5. The van der Waals surface area contributed by atoms with Crippen LogP contribution in [0.3, 0.4) is 0 Å². The van der Waals surface area contributed by atoms with E-state index in [1.165, 1.54) is 0 Å². The van der Waals surface area contributed by atoms with Gasteiger partial charge < -0.3 is 14.7 Å². The molecular weight excluding hydrogens is 302 g/mol. The van der Waals surface area contributed by atoms with E-state index in [1.54, 1.807) is 16.7 Å². The number of β-lactam (4-membered cyclic amide) rings is 1. The molecule has 1 aromatic carbocycles. The summed E-state index contributed by atoms with van der Waals surface area (Å²) in [6.07, 6.45) is 0. The standard InChI is InChI=1S/C16H19NO4S/c1-16(2)12(17-13(19)11(8-18)14(17)22-16)15(20)21-9-10-6-4-3-5-7-10/h3-7,11-12,14,18H,8-9H2,1-2H3/t11-,12+,14-/m1/s1. The molecule has 118 valence electrons. The van der Waals surface area contributed by atoms with Crippen molar-refractivity contribution in [2.75, 3.05) is 6.61 Å². The summed E-state index contributed by atoms with van der Waals surface area (Å²) in [4.78, 5) is 26.1. The number of fused-ring (bicyclic) bond motifs is 1. The maximum absolute atomic E-state index is 12.5. The fourth-order valence-corrected chi connectivity index (χ4v) is 4.71. The highest BCUT2D eigenvalue weighted by Gasteiger charge is 2.63. The number of amides is 1. The van der Waals surface area contributed by atoms with E-state index in [-0.39, 0.29) is 30.5 Å². The molecule has 2 aliphatic heterocycles. The highest BCUT2D eigenvalue weighted by molar-refractivity contribution is 8.01. The van der Waals surface area contributed by atoms with Gasteiger partial charge in [-0.05, 0) is 19.4 Å². The number of aliphatic hydroxyl groups excluding tert-OH is 1. The highest BCUT2D eigenvalue weighted by atomic mass is 32.2. The minimum absolute atomic E-state index is 0.123. The summed E-state index contributed by atoms with van der Waals surface area (Å²) in [5.74, 6) is -0.933. The Labute approximate surface area is 133 Å². The van der Waals surface area contributed by atoms with Crippen LogP contribution in [-0.2, 0) is 20.9 Å². The smallest absolute Gasteiger partial charge is 0.330 e. The second kappa shape index (κ2) is 5.59. The number of hydrogen-bond donors (Lipinski definition) is 1. The number of rotatable bonds is 4. The molecule has 22 heavy (non-hydrogen) atoms. The second-order valence-electron chi connectivity index (χ2n) is 6.14. The van der Waals surface area contributed by atoms with Crippen LogP contribution in [0.15, 0.2) is 30.3 Å². The predicted molar refractivity (Wildman–Crippen MR) is 82.9 cm³/mol. The third-order valence-corrected chi connectivity index (χ3v) is 5.82. The molecule has 0 aliphatic carbocycles. The normalized spacial score (nSPS) is 29.0. The molecule has 2 fully saturated rings. The molecule has 1 amide bonds. The van der Waals surface area contributed by atoms with E-state index in [4.69, 9.17) is 4.74 Å². The number of thioether (sulfide) groups is 1. The summed E-state index contributed by atoms with van der Waals surface area (Å²) in [6.45, 7) is 3.90. The average Bonchev–Trinajstić information content (AvgIpc) is 2.74. The number of aliphatic hydroxyl groups is 1. The van der Waals surface area contributed by atoms with Crippen molar-refractivity contribution in [2.24, 2.45) is 5.92 Å². The fourth-order valence-electron chi connectivity index (χ4n) is 3.05. The van der Waals surface area contributed by atoms with Gasteiger partial charge in [-0.15, -0.1) is 11.8 Å². The van der Waals surface area contributed by atoms with Gasteiger partial charge in [-0.1, -0.05) is 30.3 Å². The van der Waals surface area contributed by atoms with E-state index in [9.17, 15) is 14.7 Å². The van der Waals surface area contributed by atoms with Crippen molar-refractivity contribution in [1.29, 1.82) is 0 Å². The number of carbonyl (C=O) groups is 2. The van der Waals surface area contributed by atoms with E-state index >= 15 is 0 Å². The molecule has 2 aliphatic rings. The molecular formula is C16H19NO4S. The van der Waals surface area contributed by atoms with E-state index in [1.807, 2.05) is 44.2 Å². The lowest BCUT2D eigenvalue weighted by molar-refractivity contribution is -0.168. The first-order valence-corrected chi connectivity index (χ1v) is 8.15. The van der Waals surface area contributed by atoms with Crippen LogP contribution < -0.4 is 0 Å². The van der Waals surface area contributed by atoms with Gasteiger partial charge in [0.05, 0.1) is 17.9 Å². The zero-order valence-corrected chi connectivity index (χ0v) is 13.4. The first kappa shape index (κ1) is 15.4. The number of ether oxygens (including phenoxy) is 1. The molecule has 1 N–H and O–H groups in total. The molecule has 3 atom stereocenters. The highest BCUT2D eigenvalue weighted by Crippen LogP contribution is 2.53. The molecule has 3 rings (SSSR count). The van der Waals surface area contributed by atoms with Crippen molar-refractivity contribution in [2.45, 2.75) is 36.6 Å². The molecule has 5 nitrogen and oxygen atoms in total. The van der Waals surface area contributed by atoms with E-state index in [2.05, 4.69) is 0 Å². The monoisotopic (exact) mass is 321 g/mol. The Bertz CT molecular complexity index is 589. The van der Waals surface area contributed by atoms with Crippen molar-refractivity contribution in [3.8, 4) is 0 Å². The van der Waals surface area contributed by atoms with Gasteiger partial charge in [0.15, 0.2) is 0 Å². The minimum atomic E-state index is -0.596. The van der Waals surface area contributed by atoms with Crippen LogP contribution in [0.2, 0.25) is 0 Å². The maximum Gasteiger partial charge on any atom is 0.330 e. The lowest BCUT2D eigenvalue weighted by Gasteiger charge is -2.43. The average molecular weight is 321 g/mol. The van der Waals surface area contributed by atoms with E-state index in [0.29, 0.717) is 0 Å². The Hall–Kier alpha value is -1.53. The van der Waals surface area contributed by atoms with Crippen LogP contribution in [0.5, 0.6) is 0 Å². The Morgan fingerprint density at radius 1 is 1.36 bits per heavy atom. The van der Waals surface area contributed by atoms with Gasteiger partial charge in [-0.2, -0.15) is 0 Å². The van der Waals surface area contributed by atoms with Crippen LogP contribution >= 0.6 is 11.8 Å². The van der Waals surface area contributed by atoms with Gasteiger partial charge in [0.2, 0.25) is 5.91 Å². The van der Waals surface area contributed by atoms with Crippen molar-refractivity contribution in [3.05, 3.63) is 35.9 Å². The minimum Gasteiger partial charge on any atom is -0.459 e. The van der Waals surface area contributed by atoms with E-state index in [0.717, 1.165) is 5.56 Å². The summed E-state index contributed by atoms with van der Waals surface area (Å²) in [5, 5.41) is 9.15. The van der Waals surface area contributed by atoms with Gasteiger partial charge >= 0.3 is 5.97 Å². The molecule has 0 spiro atoms. The van der Waals surface area contributed by atoms with Gasteiger partial charge in [0.25, 0.3) is 0 Å². The Morgan fingerprint density at radius 3 is 2.68 bits per heavy atom. The van der Waals surface area contributed by atoms with Gasteiger partial charge in [-0.3, -0.25) is 4.79 Å². The number of nitrogens with zero attached hydrogens (tertiary/aromatic N) is 1. The zero-order valence-electron chi connectivity index (χ0n) is 12.6. The number of esters is 1. The summed E-state index contributed by atoms with van der Waals surface area (Å²) < 4.78 is 4.99. The lowest BCUT2D eigenvalue weighted by atomic mass is 9.92. The Kier molecular flexibility index (Phi) is 3.91. The Balaban J connectivity index is 1.70. The third kappa shape index (κ3) is 2.40. The molecule has 6 heteroatoms. The van der Waals surface area contributed by atoms with Gasteiger partial charge in [0.1, 0.15) is 12.6 Å². The Morgan fingerprint density at radius 2 is 2.05 bits per heavy atom. The molecule has 1 aromatic rings. The first-order valence-electron chi connectivity index (χ1n) is 7.27. The summed E-state index contributed by atoms with van der Waals surface area (Å²) in [5.41, 5.74) is 0.916. The SMILES string of the molecule is CC1(C)S[C@@H]2[C@H](CO)C(=O)N2[C@H]1C(=O)OCc1ccccc1. The molecule has 0 aromatic heterocycles. The number of hydrogen-bond acceptors (Lipinski definition) is 5. The zero-order chi connectivity index (χ0) is 15.9. The summed E-state index contributed by atoms with van der Waals surface area (Å²) in [6, 6.07) is 8.86. The van der Waals surface area contributed by atoms with Crippen LogP contribution in [0, 0.1) is 5.92 Å². The molecule has 0 bridgehead atoms. The molecule has 2 heterocycles. The third-order valence-electron chi connectivity index (χ3n) is 4.20. The number of benzene rings is 1. The van der Waals surface area contributed by atoms with Crippen LogP contribution in [0.1, 0.15) is 19.4 Å². The molecule has 0 unspecified atom stereocenters. The summed E-state index contributed by atoms with van der Waals surface area (Å²) in [7, 11) is 0. The van der Waals surface area contributed by atoms with Crippen LogP contribution in [0.4, 0.5) is 0 Å². The van der Waals surface area contributed by atoms with E-state index < -0.39 is 16.7 Å². The molecule has 2 saturated heterocycles. The quantitative estimate of drug-likeness (QED) is 0.671. The van der Waals surface area contributed by atoms with Crippen LogP contribution in [0.25, 0.3) is 0 Å². The fraction of sp³-hybridized carbons (Fsp3) is 0.500. The summed E-state index contributed by atoms with van der Waals surface area (Å²) >= 11 is 1.56. The van der Waals surface area contributed by atoms with Crippen molar-refractivity contribution < 1.29 is 19.4 Å². The number of carbonyl (C=O) groups excluding carboxylic acids is 2. The van der Waals surface area contributed by atoms with Crippen molar-refractivity contribution in [3.63, 3.8) is 0 Å². The topological polar surface area (TPSA) is 66.8 Å². The van der Waals surface area contributed by atoms with Crippen molar-refractivity contribution in [1.82, 2.24) is 4.90 Å². The maximum atomic E-state index is 12.5. The van der Waals surface area contributed by atoms with Gasteiger partial charge in [0, 0.05) is 4.75 Å². The predicted octanol–water partition coefficient (Wildman–Crippen LogP) is 1.40. The van der Waals surface area contributed by atoms with Gasteiger partial charge in [-0.25, -0.2) is 4.79 Å².